The third-order valence-electron chi connectivity index (χ3n) is 5.69. The van der Waals surface area contributed by atoms with Crippen LogP contribution in [0.2, 0.25) is 5.02 Å². The highest BCUT2D eigenvalue weighted by atomic mass is 35.5. The van der Waals surface area contributed by atoms with Gasteiger partial charge in [-0.3, -0.25) is 4.79 Å². The second-order valence-corrected chi connectivity index (χ2v) is 8.79. The first-order valence-electron chi connectivity index (χ1n) is 10.5. The monoisotopic (exact) mass is 449 g/mol. The molecule has 0 saturated carbocycles. The molecular formula is C26H25ClFN3O. The van der Waals surface area contributed by atoms with Gasteiger partial charge in [-0.2, -0.15) is 0 Å². The predicted octanol–water partition coefficient (Wildman–Crippen LogP) is 5.95. The Morgan fingerprint density at radius 1 is 1.06 bits per heavy atom. The Morgan fingerprint density at radius 3 is 2.50 bits per heavy atom. The fourth-order valence-electron chi connectivity index (χ4n) is 4.09. The Morgan fingerprint density at radius 2 is 1.84 bits per heavy atom. The standard InChI is InChI=1S/C26H25ClFN3O/c1-16-7-21(12-24(28)8-16)19(4)31-14-23(27)11-22(26(31)32)10-20-5-6-25(17(2)9-20)30-13-18(3)29-15-30/h5-9,11-15,19H,10H2,1-4H3/t19-/m0/s1. The van der Waals surface area contributed by atoms with Crippen LogP contribution in [-0.4, -0.2) is 14.1 Å². The summed E-state index contributed by atoms with van der Waals surface area (Å²) in [6.45, 7) is 7.71. The molecule has 0 radical (unpaired) electrons. The van der Waals surface area contributed by atoms with E-state index in [2.05, 4.69) is 11.1 Å². The quantitative estimate of drug-likeness (QED) is 0.377. The zero-order valence-corrected chi connectivity index (χ0v) is 19.3. The van der Waals surface area contributed by atoms with Crippen molar-refractivity contribution in [3.63, 3.8) is 0 Å². The molecule has 32 heavy (non-hydrogen) atoms. The molecule has 0 aliphatic rings. The molecule has 0 amide bonds. The van der Waals surface area contributed by atoms with E-state index >= 15 is 0 Å². The van der Waals surface area contributed by atoms with Crippen LogP contribution >= 0.6 is 11.6 Å². The van der Waals surface area contributed by atoms with Gasteiger partial charge in [0.2, 0.25) is 0 Å². The van der Waals surface area contributed by atoms with Gasteiger partial charge in [-0.25, -0.2) is 9.37 Å². The maximum absolute atomic E-state index is 13.9. The van der Waals surface area contributed by atoms with Crippen molar-refractivity contribution in [3.05, 3.63) is 116 Å². The number of imidazole rings is 1. The van der Waals surface area contributed by atoms with E-state index in [0.717, 1.165) is 33.6 Å². The van der Waals surface area contributed by atoms with E-state index in [-0.39, 0.29) is 17.4 Å². The lowest BCUT2D eigenvalue weighted by atomic mass is 10.0. The average Bonchev–Trinajstić information content (AvgIpc) is 3.15. The van der Waals surface area contributed by atoms with Crippen molar-refractivity contribution in [1.82, 2.24) is 14.1 Å². The molecule has 4 nitrogen and oxygen atoms in total. The lowest BCUT2D eigenvalue weighted by Gasteiger charge is -2.18. The Labute approximate surface area is 191 Å². The highest BCUT2D eigenvalue weighted by molar-refractivity contribution is 6.30. The number of pyridine rings is 1. The summed E-state index contributed by atoms with van der Waals surface area (Å²) in [6, 6.07) is 12.3. The van der Waals surface area contributed by atoms with Crippen molar-refractivity contribution in [2.45, 2.75) is 40.2 Å². The van der Waals surface area contributed by atoms with E-state index in [9.17, 15) is 9.18 Å². The SMILES string of the molecule is Cc1cc(F)cc([C@H](C)n2cc(Cl)cc(Cc3ccc(-n4cnc(C)c4)c(C)c3)c2=O)c1. The molecule has 2 aromatic carbocycles. The molecule has 0 unspecified atom stereocenters. The summed E-state index contributed by atoms with van der Waals surface area (Å²) in [5.41, 5.74) is 6.12. The van der Waals surface area contributed by atoms with E-state index in [1.54, 1.807) is 23.2 Å². The fourth-order valence-corrected chi connectivity index (χ4v) is 4.33. The molecule has 1 atom stereocenters. The predicted molar refractivity (Wildman–Crippen MR) is 127 cm³/mol. The molecule has 164 valence electrons. The van der Waals surface area contributed by atoms with Gasteiger partial charge in [-0.05, 0) is 74.2 Å². The molecule has 0 N–H and O–H groups in total. The Hall–Kier alpha value is -3.18. The molecule has 2 heterocycles. The second-order valence-electron chi connectivity index (χ2n) is 8.35. The van der Waals surface area contributed by atoms with Crippen LogP contribution in [0, 0.1) is 26.6 Å². The van der Waals surface area contributed by atoms with Crippen LogP contribution in [0.25, 0.3) is 5.69 Å². The summed E-state index contributed by atoms with van der Waals surface area (Å²) < 4.78 is 17.5. The van der Waals surface area contributed by atoms with Gasteiger partial charge in [-0.1, -0.05) is 29.8 Å². The molecular weight excluding hydrogens is 425 g/mol. The van der Waals surface area contributed by atoms with E-state index in [1.165, 1.54) is 12.1 Å². The number of benzene rings is 2. The number of rotatable bonds is 5. The number of hydrogen-bond acceptors (Lipinski definition) is 2. The van der Waals surface area contributed by atoms with Crippen LogP contribution in [0.15, 0.2) is 66.0 Å². The summed E-state index contributed by atoms with van der Waals surface area (Å²) in [4.78, 5) is 17.6. The summed E-state index contributed by atoms with van der Waals surface area (Å²) in [6.07, 6.45) is 5.85. The van der Waals surface area contributed by atoms with Gasteiger partial charge >= 0.3 is 0 Å². The number of aryl methyl sites for hydroxylation is 3. The zero-order valence-electron chi connectivity index (χ0n) is 18.6. The third kappa shape index (κ3) is 4.53. The van der Waals surface area contributed by atoms with E-state index in [1.807, 2.05) is 56.7 Å². The zero-order chi connectivity index (χ0) is 23.0. The fraction of sp³-hybridized carbons (Fsp3) is 0.231. The van der Waals surface area contributed by atoms with Crippen LogP contribution in [0.1, 0.15) is 46.5 Å². The Bertz CT molecular complexity index is 1340. The van der Waals surface area contributed by atoms with Crippen LogP contribution < -0.4 is 5.56 Å². The van der Waals surface area contributed by atoms with E-state index in [4.69, 9.17) is 11.6 Å². The number of nitrogens with zero attached hydrogens (tertiary/aromatic N) is 3. The summed E-state index contributed by atoms with van der Waals surface area (Å²) in [7, 11) is 0. The molecule has 2 aromatic heterocycles. The van der Waals surface area contributed by atoms with E-state index < -0.39 is 0 Å². The Balaban J connectivity index is 1.67. The van der Waals surface area contributed by atoms with Crippen molar-refractivity contribution < 1.29 is 4.39 Å². The van der Waals surface area contributed by atoms with Gasteiger partial charge in [0.25, 0.3) is 5.56 Å². The molecule has 0 fully saturated rings. The van der Waals surface area contributed by atoms with Crippen molar-refractivity contribution in [2.75, 3.05) is 0 Å². The van der Waals surface area contributed by atoms with Crippen LogP contribution in [-0.2, 0) is 6.42 Å². The van der Waals surface area contributed by atoms with E-state index in [0.29, 0.717) is 17.0 Å². The highest BCUT2D eigenvalue weighted by Crippen LogP contribution is 2.23. The normalized spacial score (nSPS) is 12.2. The number of halogens is 2. The Kier molecular flexibility index (Phi) is 6.02. The van der Waals surface area contributed by atoms with Gasteiger partial charge in [0.15, 0.2) is 0 Å². The van der Waals surface area contributed by atoms with Gasteiger partial charge in [0.05, 0.1) is 23.1 Å². The van der Waals surface area contributed by atoms with Crippen molar-refractivity contribution in [3.8, 4) is 5.69 Å². The van der Waals surface area contributed by atoms with Gasteiger partial charge in [-0.15, -0.1) is 0 Å². The molecule has 0 aliphatic heterocycles. The van der Waals surface area contributed by atoms with Crippen LogP contribution in [0.4, 0.5) is 4.39 Å². The lowest BCUT2D eigenvalue weighted by Crippen LogP contribution is -2.27. The molecule has 0 saturated heterocycles. The average molecular weight is 450 g/mol. The maximum atomic E-state index is 13.9. The molecule has 6 heteroatoms. The van der Waals surface area contributed by atoms with Gasteiger partial charge in [0, 0.05) is 30.1 Å². The highest BCUT2D eigenvalue weighted by Gasteiger charge is 2.15. The topological polar surface area (TPSA) is 39.8 Å². The summed E-state index contributed by atoms with van der Waals surface area (Å²) in [5, 5.41) is 0.474. The molecule has 4 aromatic rings. The molecule has 4 rings (SSSR count). The maximum Gasteiger partial charge on any atom is 0.254 e. The number of aromatic nitrogens is 3. The number of hydrogen-bond donors (Lipinski definition) is 0. The lowest BCUT2D eigenvalue weighted by molar-refractivity contribution is 0.589. The first kappa shape index (κ1) is 22.0. The van der Waals surface area contributed by atoms with Gasteiger partial charge < -0.3 is 9.13 Å². The molecule has 0 spiro atoms. The minimum absolute atomic E-state index is 0.129. The summed E-state index contributed by atoms with van der Waals surface area (Å²) in [5.74, 6) is -0.314. The largest absolute Gasteiger partial charge is 0.307 e. The van der Waals surface area contributed by atoms with Crippen molar-refractivity contribution in [1.29, 1.82) is 0 Å². The first-order chi connectivity index (χ1) is 15.2. The molecule has 0 aliphatic carbocycles. The van der Waals surface area contributed by atoms with Crippen molar-refractivity contribution >= 4 is 11.6 Å². The smallest absolute Gasteiger partial charge is 0.254 e. The second kappa shape index (κ2) is 8.75. The first-order valence-corrected chi connectivity index (χ1v) is 10.9. The molecule has 0 bridgehead atoms. The summed E-state index contributed by atoms with van der Waals surface area (Å²) >= 11 is 6.38. The third-order valence-corrected chi connectivity index (χ3v) is 5.90. The van der Waals surface area contributed by atoms with Crippen molar-refractivity contribution in [2.24, 2.45) is 0 Å². The van der Waals surface area contributed by atoms with Gasteiger partial charge in [0.1, 0.15) is 5.82 Å². The minimum Gasteiger partial charge on any atom is -0.307 e. The minimum atomic E-state index is -0.344. The van der Waals surface area contributed by atoms with Crippen LogP contribution in [0.5, 0.6) is 0 Å². The van der Waals surface area contributed by atoms with Crippen LogP contribution in [0.3, 0.4) is 0 Å².